The molecule has 0 aromatic carbocycles. The maximum absolute atomic E-state index is 13.8. The molecular weight excluding hydrogens is 1990 g/mol. The van der Waals surface area contributed by atoms with Gasteiger partial charge in [0.25, 0.3) is 0 Å². The topological polar surface area (TPSA) is 125 Å². The van der Waals surface area contributed by atoms with E-state index in [0.29, 0.717) is 0 Å². The van der Waals surface area contributed by atoms with Gasteiger partial charge in [0.2, 0.25) is 0 Å². The predicted molar refractivity (Wildman–Crippen MR) is 254 cm³/mol. The highest BCUT2D eigenvalue weighted by atomic mass is 19.5. The highest BCUT2D eigenvalue weighted by Crippen LogP contribution is 2.65. The third kappa shape index (κ3) is 33.5. The lowest BCUT2D eigenvalue weighted by Crippen LogP contribution is -2.74. The van der Waals surface area contributed by atoms with Gasteiger partial charge in [0, 0.05) is 53.9 Å². The number of ether oxygens (including phenoxy) is 11. The van der Waals surface area contributed by atoms with Crippen LogP contribution in [0.1, 0.15) is 62.8 Å². The number of carbonyl (C=O) groups excluding carboxylic acids is 1. The van der Waals surface area contributed by atoms with Crippen LogP contribution in [0.4, 0.5) is 281 Å². The first-order valence-electron chi connectivity index (χ1n) is 27.7. The number of amides is 1. The van der Waals surface area contributed by atoms with Gasteiger partial charge in [0.1, 0.15) is 5.70 Å². The lowest BCUT2D eigenvalue weighted by Gasteiger charge is -2.42. The molecule has 0 saturated carbocycles. The van der Waals surface area contributed by atoms with Crippen LogP contribution in [0.3, 0.4) is 0 Å². The lowest BCUT2D eigenvalue weighted by molar-refractivity contribution is -0.589. The second-order valence-electron chi connectivity index (χ2n) is 21.1. The van der Waals surface area contributed by atoms with Crippen molar-refractivity contribution in [2.75, 3.05) is 26.2 Å². The van der Waals surface area contributed by atoms with Crippen LogP contribution in [0.25, 0.3) is 0 Å². The van der Waals surface area contributed by atoms with Crippen molar-refractivity contribution < 1.29 is 338 Å². The molecule has 0 atom stereocenters. The summed E-state index contributed by atoms with van der Waals surface area (Å²) in [6, 6.07) is 0. The predicted octanol–water partition coefficient (Wildman–Crippen LogP) is 24.4. The van der Waals surface area contributed by atoms with E-state index in [2.05, 4.69) is 16.1 Å². The Morgan fingerprint density at radius 2 is 0.379 bits per heavy atom. The Morgan fingerprint density at radius 3 is 0.524 bits per heavy atom. The molecule has 0 aliphatic rings. The molecule has 0 radical (unpaired) electrons. The highest BCUT2D eigenvalue weighted by Gasteiger charge is 2.95. The fourth-order valence-electron chi connectivity index (χ4n) is 5.57. The Labute approximate surface area is 638 Å². The molecule has 0 aromatic rings. The zero-order chi connectivity index (χ0) is 102. The van der Waals surface area contributed by atoms with Gasteiger partial charge in [0.15, 0.2) is 0 Å². The molecule has 752 valence electrons. The van der Waals surface area contributed by atoms with Gasteiger partial charge in [-0.05, 0) is 27.7 Å². The Balaban J connectivity index is -0.000000366. The first-order chi connectivity index (χ1) is 52.1. The summed E-state index contributed by atoms with van der Waals surface area (Å²) in [5.74, 6) is -57.5. The van der Waals surface area contributed by atoms with Gasteiger partial charge in [0.05, 0.1) is 0 Å². The molecule has 0 saturated heterocycles. The van der Waals surface area contributed by atoms with Crippen molar-refractivity contribution in [2.45, 2.75) is 246 Å². The molecule has 0 fully saturated rings. The molecule has 78 heteroatoms. The third-order valence-corrected chi connectivity index (χ3v) is 11.0. The van der Waals surface area contributed by atoms with Crippen molar-refractivity contribution in [2.24, 2.45) is 0 Å². The van der Waals surface area contributed by atoms with Crippen molar-refractivity contribution in [3.8, 4) is 0 Å². The minimum atomic E-state index is -8.56. The summed E-state index contributed by atoms with van der Waals surface area (Å²) < 4.78 is 820. The van der Waals surface area contributed by atoms with Crippen molar-refractivity contribution >= 4 is 5.91 Å². The highest BCUT2D eigenvalue weighted by molar-refractivity contribution is 5.82. The summed E-state index contributed by atoms with van der Waals surface area (Å²) in [4.78, 5) is 13.3. The number of carbonyl (C=O) groups is 1. The van der Waals surface area contributed by atoms with E-state index in [-0.39, 0.29) is 40.5 Å². The largest absolute Gasteiger partial charge is 0.527 e. The molecule has 124 heavy (non-hydrogen) atoms. The van der Waals surface area contributed by atoms with Crippen LogP contribution in [0, 0.1) is 0 Å². The van der Waals surface area contributed by atoms with E-state index in [0.717, 1.165) is 9.80 Å². The standard InChI is InChI=1S/C13H22F4N2O2.C11H3F21O5.C9H3F17O4.C9H3F17.C3H3F5O.CH4/c1-6-18(7-2)10(5)12(14,15)21-13(16,17)11(20)19(8-3)9-4;1-2(12,13)33-3(14,15)4(16,17)34-5(18,19)6(20,21)35-7(22,23)8(24,25)36-9(26,27)10(28,29)37-11(30,31)32;1-2(10,11)27-3(12,13)4(14,15)28-5(16,17)6(18,19)29-7(20,21)8(22,23)30-9(24,25)26;1-2(10,11)3(12,13)4(14,15)5(16,17)6(18,19)7(20,21)8(22,23)9(24,25)26;1-2(4,5)9-3(6,7)8;/h5-9H2,1-4H3;1H3;1H3;1H3;1H3;1H4. The van der Waals surface area contributed by atoms with Crippen molar-refractivity contribution in [3.05, 3.63) is 12.3 Å². The minimum Gasteiger partial charge on any atom is -0.369 e. The molecule has 0 rings (SSSR count). The first-order valence-corrected chi connectivity index (χ1v) is 27.7. The number of rotatable bonds is 39. The second kappa shape index (κ2) is 39.0. The molecule has 0 unspecified atom stereocenters. The quantitative estimate of drug-likeness (QED) is 0.0543. The zero-order valence-electron chi connectivity index (χ0n) is 57.5. The first kappa shape index (κ1) is 129. The number of hydrogen-bond donors (Lipinski definition) is 0. The van der Waals surface area contributed by atoms with Crippen LogP contribution in [0.2, 0.25) is 0 Å². The van der Waals surface area contributed by atoms with E-state index in [1.54, 1.807) is 13.8 Å². The number of halogens is 64. The third-order valence-electron chi connectivity index (χ3n) is 11.0. The summed E-state index contributed by atoms with van der Waals surface area (Å²) in [5, 5.41) is 0. The zero-order valence-corrected chi connectivity index (χ0v) is 57.5. The Hall–Kier alpha value is -5.91. The maximum Gasteiger partial charge on any atom is 0.527 e. The van der Waals surface area contributed by atoms with Gasteiger partial charge in [-0.15, -0.1) is 39.5 Å². The van der Waals surface area contributed by atoms with Crippen LogP contribution in [0.5, 0.6) is 0 Å². The molecule has 0 heterocycles. The minimum absolute atomic E-state index is 0. The normalized spacial score (nSPS) is 15.4. The van der Waals surface area contributed by atoms with Gasteiger partial charge in [-0.3, -0.25) is 4.79 Å². The maximum atomic E-state index is 13.8. The van der Waals surface area contributed by atoms with Crippen molar-refractivity contribution in [1.29, 1.82) is 0 Å². The summed E-state index contributed by atoms with van der Waals surface area (Å²) in [6.07, 6.45) is -155. The fraction of sp³-hybridized carbons (Fsp3) is 0.935. The van der Waals surface area contributed by atoms with E-state index in [9.17, 15) is 286 Å². The number of likely N-dealkylation sites (N-methyl/N-ethyl adjacent to an activating group) is 2. The van der Waals surface area contributed by atoms with Gasteiger partial charge >= 0.3 is 189 Å². The molecule has 0 aliphatic carbocycles. The molecule has 0 N–H and O–H groups in total. The Kier molecular flexibility index (Phi) is 40.6. The smallest absolute Gasteiger partial charge is 0.369 e. The average molecular weight is 2030 g/mol. The van der Waals surface area contributed by atoms with Gasteiger partial charge in [-0.25, -0.2) is 52.1 Å². The number of nitrogens with zero attached hydrogens (tertiary/aromatic N) is 2. The van der Waals surface area contributed by atoms with Crippen LogP contribution >= 0.6 is 0 Å². The van der Waals surface area contributed by atoms with Crippen molar-refractivity contribution in [1.82, 2.24) is 9.80 Å². The van der Waals surface area contributed by atoms with Crippen LogP contribution in [-0.4, -0.2) is 225 Å². The fourth-order valence-corrected chi connectivity index (χ4v) is 5.57. The van der Waals surface area contributed by atoms with Crippen LogP contribution < -0.4 is 0 Å². The van der Waals surface area contributed by atoms with Gasteiger partial charge in [-0.1, -0.05) is 14.0 Å². The molecule has 14 nitrogen and oxygen atoms in total. The molecule has 0 bridgehead atoms. The number of hydrogen-bond acceptors (Lipinski definition) is 13. The molecular formula is C46H38F64N2O12. The summed E-state index contributed by atoms with van der Waals surface area (Å²) in [6.45, 7) is 6.72. The van der Waals surface area contributed by atoms with E-state index in [1.807, 2.05) is 9.47 Å². The molecule has 1 amide bonds. The van der Waals surface area contributed by atoms with Crippen molar-refractivity contribution in [3.63, 3.8) is 0 Å². The average Bonchev–Trinajstić information content (AvgIpc) is 0.694. The van der Waals surface area contributed by atoms with E-state index >= 15 is 0 Å². The molecule has 0 aliphatic heterocycles. The van der Waals surface area contributed by atoms with E-state index in [1.165, 1.54) is 47.0 Å². The molecule has 0 aromatic heterocycles. The van der Waals surface area contributed by atoms with Crippen LogP contribution in [0.15, 0.2) is 12.3 Å². The van der Waals surface area contributed by atoms with Gasteiger partial charge in [-0.2, -0.15) is 241 Å². The Bertz CT molecular complexity index is 3080. The summed E-state index contributed by atoms with van der Waals surface area (Å²) >= 11 is 0. The van der Waals surface area contributed by atoms with E-state index in [4.69, 9.17) is 0 Å². The van der Waals surface area contributed by atoms with E-state index < -0.39 is 215 Å². The number of alkyl halides is 64. The SMILES string of the molecule is C.C=C(N(CC)CC)C(F)(F)OC(F)(F)C(=O)N(CC)CC.CC(F)(F)C(F)(F)C(F)(F)C(F)(F)C(F)(F)C(F)(F)C(F)(F)C(F)(F)F.CC(F)(F)OC(F)(F)C(F)(F)OC(F)(F)C(F)(F)OC(F)(F)C(F)(F)OC(F)(F)C(F)(F)OC(F)(F)F.CC(F)(F)OC(F)(F)C(F)(F)OC(F)(F)C(F)(F)OC(F)(F)C(F)(F)OC(F)(F)F.CC(F)(F)OC(F)(F)F. The summed E-state index contributed by atoms with van der Waals surface area (Å²) in [7, 11) is 0. The molecule has 0 spiro atoms. The van der Waals surface area contributed by atoms with Gasteiger partial charge < -0.3 is 9.80 Å². The second-order valence-corrected chi connectivity index (χ2v) is 21.1. The van der Waals surface area contributed by atoms with Crippen LogP contribution in [-0.2, 0) is 56.9 Å². The monoisotopic (exact) mass is 2030 g/mol. The lowest BCUT2D eigenvalue weighted by atomic mass is 9.89. The Morgan fingerprint density at radius 1 is 0.218 bits per heavy atom. The summed E-state index contributed by atoms with van der Waals surface area (Å²) in [5.41, 5.74) is -0.903.